The molecular weight excluding hydrogens is 1250 g/mol. The maximum absolute atomic E-state index is 15.6. The minimum Gasteiger partial charge on any atom is -0.390 e. The number of aliphatic hydroxyl groups is 1. The summed E-state index contributed by atoms with van der Waals surface area (Å²) in [6.45, 7) is 38.0. The van der Waals surface area contributed by atoms with Crippen molar-refractivity contribution in [2.45, 2.75) is 237 Å². The molecule has 564 valence electrons. The molecule has 2 rings (SSSR count). The first-order valence-electron chi connectivity index (χ1n) is 36.7. The van der Waals surface area contributed by atoms with E-state index in [-0.39, 0.29) is 81.8 Å². The number of amides is 8. The molecule has 2 saturated heterocycles. The van der Waals surface area contributed by atoms with E-state index in [0.717, 1.165) is 13.1 Å². The maximum Gasteiger partial charge on any atom is 0.248 e. The molecule has 0 bridgehead atoms. The molecule has 2 aliphatic heterocycles. The summed E-state index contributed by atoms with van der Waals surface area (Å²) in [5.41, 5.74) is 0. The van der Waals surface area contributed by atoms with Crippen LogP contribution in [-0.4, -0.2) is 283 Å². The van der Waals surface area contributed by atoms with Gasteiger partial charge in [0.05, 0.1) is 44.6 Å². The van der Waals surface area contributed by atoms with Crippen LogP contribution in [0.1, 0.15) is 182 Å². The van der Waals surface area contributed by atoms with Crippen LogP contribution in [0.25, 0.3) is 0 Å². The van der Waals surface area contributed by atoms with Crippen molar-refractivity contribution in [2.75, 3.05) is 115 Å². The van der Waals surface area contributed by atoms with E-state index in [1.165, 1.54) is 90.6 Å². The van der Waals surface area contributed by atoms with E-state index >= 15 is 33.6 Å². The van der Waals surface area contributed by atoms with Gasteiger partial charge in [0.1, 0.15) is 36.3 Å². The number of morpholine rings is 1. The first-order chi connectivity index (χ1) is 45.6. The number of carbonyl (C=O) groups is 11. The van der Waals surface area contributed by atoms with Crippen LogP contribution in [0, 0.1) is 59.2 Å². The van der Waals surface area contributed by atoms with Crippen LogP contribution in [0.5, 0.6) is 0 Å². The van der Waals surface area contributed by atoms with Gasteiger partial charge in [-0.15, -0.1) is 0 Å². The summed E-state index contributed by atoms with van der Waals surface area (Å²) >= 11 is 0. The number of hydrogen-bond donors (Lipinski definition) is 2. The topological polar surface area (TPSA) is 268 Å². The standard InChI is InChI=1S/C74H134N10O14/c1-26-54-42-63(87)65(66(88)51(16)29-30-84-32-34-97-35-33-84)82(25)74(96)64(50(14)15)81(24)72(94)59(40-48(10)11)79(22)71(93)58(39-47(8)9)78(21)68(90)53(18)75-67(89)52(17)41-61(85)56(37-45(4)5)76(19)70(92)55(49(12)13)43-62(86)57(38-46(6)7)77(20)73(95)60(80(23)69(54)91)44-98-36-31-83(27-2)28-3/h45-60,64-66,88H,26-44H2,1-25H3,(H,75,89)/t51-,52+,53+,54+,55-,56-,57+,58-,59-,60-,64-,65+,66-/m1/s1. The summed E-state index contributed by atoms with van der Waals surface area (Å²) < 4.78 is 11.9. The third kappa shape index (κ3) is 25.6. The molecule has 0 aromatic carbocycles. The molecule has 0 aromatic heterocycles. The van der Waals surface area contributed by atoms with E-state index in [1.54, 1.807) is 34.6 Å². The summed E-state index contributed by atoms with van der Waals surface area (Å²) in [7, 11) is 10.4. The second-order valence-corrected chi connectivity index (χ2v) is 30.8. The fourth-order valence-electron chi connectivity index (χ4n) is 13.6. The lowest BCUT2D eigenvalue weighted by molar-refractivity contribution is -0.157. The summed E-state index contributed by atoms with van der Waals surface area (Å²) in [6, 6.07) is -9.66. The van der Waals surface area contributed by atoms with Gasteiger partial charge in [-0.05, 0) is 107 Å². The van der Waals surface area contributed by atoms with Crippen molar-refractivity contribution < 1.29 is 67.3 Å². The highest BCUT2D eigenvalue weighted by molar-refractivity contribution is 6.00. The van der Waals surface area contributed by atoms with Crippen LogP contribution in [-0.2, 0) is 62.2 Å². The third-order valence-electron chi connectivity index (χ3n) is 20.3. The molecule has 0 unspecified atom stereocenters. The van der Waals surface area contributed by atoms with Gasteiger partial charge in [0.2, 0.25) is 47.3 Å². The van der Waals surface area contributed by atoms with E-state index in [0.29, 0.717) is 45.8 Å². The van der Waals surface area contributed by atoms with Crippen molar-refractivity contribution >= 4 is 64.6 Å². The quantitative estimate of drug-likeness (QED) is 0.111. The molecule has 24 nitrogen and oxygen atoms in total. The SMILES string of the molecule is CC[C@H]1CC(=O)[C@@H]([C@H](O)[C@H](C)CCN2CCOCC2)N(C)C(=O)[C@@H](C(C)C)N(C)C(=O)[C@@H](CC(C)C)N(C)C(=O)[C@@H](CC(C)C)N(C)C(=O)[C@H](C)NC(=O)[C@@H](C)CC(=O)[C@@H](CC(C)C)N(C)C(=O)[C@@H](C(C)C)CC(=O)[C@H](CC(C)C)N(C)C(=O)[C@@H](COCCN(CC)CC)N(C)C1=O. The van der Waals surface area contributed by atoms with Gasteiger partial charge in [-0.25, -0.2) is 0 Å². The molecule has 2 N–H and O–H groups in total. The molecule has 8 amide bonds. The Labute approximate surface area is 590 Å². The van der Waals surface area contributed by atoms with Gasteiger partial charge >= 0.3 is 0 Å². The number of nitrogens with zero attached hydrogens (tertiary/aromatic N) is 9. The highest BCUT2D eigenvalue weighted by Crippen LogP contribution is 2.30. The Hall–Kier alpha value is -5.43. The molecule has 0 radical (unpaired) electrons. The van der Waals surface area contributed by atoms with Crippen LogP contribution in [0.15, 0.2) is 0 Å². The minimum atomic E-state index is -1.54. The normalized spacial score (nSPS) is 27.1. The number of carbonyl (C=O) groups excluding carboxylic acids is 11. The van der Waals surface area contributed by atoms with E-state index < -0.39 is 161 Å². The molecule has 13 atom stereocenters. The minimum absolute atomic E-state index is 0.0862. The van der Waals surface area contributed by atoms with Crippen molar-refractivity contribution in [1.29, 1.82) is 0 Å². The molecule has 2 fully saturated rings. The summed E-state index contributed by atoms with van der Waals surface area (Å²) in [5, 5.41) is 15.4. The average molecular weight is 1390 g/mol. The maximum atomic E-state index is 15.6. The van der Waals surface area contributed by atoms with Crippen molar-refractivity contribution in [3.05, 3.63) is 0 Å². The largest absolute Gasteiger partial charge is 0.390 e. The molecule has 0 saturated carbocycles. The first kappa shape index (κ1) is 88.7. The van der Waals surface area contributed by atoms with Gasteiger partial charge in [0.15, 0.2) is 17.3 Å². The smallest absolute Gasteiger partial charge is 0.248 e. The van der Waals surface area contributed by atoms with Crippen LogP contribution >= 0.6 is 0 Å². The predicted molar refractivity (Wildman–Crippen MR) is 382 cm³/mol. The Bertz CT molecular complexity index is 2590. The zero-order valence-electron chi connectivity index (χ0n) is 65.2. The second-order valence-electron chi connectivity index (χ2n) is 30.8. The number of hydrogen-bond acceptors (Lipinski definition) is 16. The van der Waals surface area contributed by atoms with Gasteiger partial charge in [-0.1, -0.05) is 118 Å². The molecular formula is C74H134N10O14. The number of ketones is 3. The van der Waals surface area contributed by atoms with Crippen LogP contribution < -0.4 is 5.32 Å². The van der Waals surface area contributed by atoms with Gasteiger partial charge in [-0.3, -0.25) is 57.6 Å². The van der Waals surface area contributed by atoms with Crippen LogP contribution in [0.2, 0.25) is 0 Å². The number of aliphatic hydroxyl groups excluding tert-OH is 1. The molecule has 0 spiro atoms. The van der Waals surface area contributed by atoms with Crippen molar-refractivity contribution in [1.82, 2.24) is 49.4 Å². The highest BCUT2D eigenvalue weighted by atomic mass is 16.5. The third-order valence-corrected chi connectivity index (χ3v) is 20.3. The Morgan fingerprint density at radius 1 is 0.500 bits per heavy atom. The molecule has 0 aliphatic carbocycles. The van der Waals surface area contributed by atoms with Crippen molar-refractivity contribution in [2.24, 2.45) is 59.2 Å². The Kier molecular flexibility index (Phi) is 38.1. The molecule has 24 heteroatoms. The summed E-state index contributed by atoms with van der Waals surface area (Å²) in [5.74, 6) is -11.3. The lowest BCUT2D eigenvalue weighted by Crippen LogP contribution is -2.62. The van der Waals surface area contributed by atoms with Gasteiger partial charge < -0.3 is 59.1 Å². The fourth-order valence-corrected chi connectivity index (χ4v) is 13.6. The van der Waals surface area contributed by atoms with Gasteiger partial charge in [0, 0.05) is 106 Å². The molecule has 2 aliphatic rings. The van der Waals surface area contributed by atoms with Crippen molar-refractivity contribution in [3.8, 4) is 0 Å². The fraction of sp³-hybridized carbons (Fsp3) is 0.851. The van der Waals surface area contributed by atoms with Gasteiger partial charge in [-0.2, -0.15) is 0 Å². The van der Waals surface area contributed by atoms with Crippen LogP contribution in [0.4, 0.5) is 0 Å². The average Bonchev–Trinajstić information content (AvgIpc) is 0.803. The van der Waals surface area contributed by atoms with E-state index in [9.17, 15) is 24.3 Å². The number of rotatable bonds is 23. The lowest BCUT2D eigenvalue weighted by atomic mass is 9.84. The Balaban J connectivity index is 3.13. The Morgan fingerprint density at radius 2 is 0.929 bits per heavy atom. The summed E-state index contributed by atoms with van der Waals surface area (Å²) in [4.78, 5) is 179. The van der Waals surface area contributed by atoms with E-state index in [4.69, 9.17) is 9.47 Å². The predicted octanol–water partition coefficient (Wildman–Crippen LogP) is 6.02. The van der Waals surface area contributed by atoms with E-state index in [2.05, 4.69) is 15.1 Å². The Morgan fingerprint density at radius 3 is 1.40 bits per heavy atom. The monoisotopic (exact) mass is 1390 g/mol. The zero-order valence-corrected chi connectivity index (χ0v) is 65.2. The second kappa shape index (κ2) is 42.1. The molecule has 2 heterocycles. The number of Topliss-reactive ketones (excluding diaryl/α,β-unsaturated/α-hetero) is 3. The van der Waals surface area contributed by atoms with Crippen LogP contribution in [0.3, 0.4) is 0 Å². The zero-order chi connectivity index (χ0) is 75.1. The number of nitrogens with one attached hydrogen (secondary N) is 1. The lowest BCUT2D eigenvalue weighted by Gasteiger charge is -2.42. The van der Waals surface area contributed by atoms with Gasteiger partial charge in [0.25, 0.3) is 0 Å². The summed E-state index contributed by atoms with van der Waals surface area (Å²) in [6.07, 6.45) is -1.24. The molecule has 98 heavy (non-hydrogen) atoms. The number of ether oxygens (including phenoxy) is 2. The highest BCUT2D eigenvalue weighted by Gasteiger charge is 2.47. The van der Waals surface area contributed by atoms with E-state index in [1.807, 2.05) is 83.1 Å². The first-order valence-corrected chi connectivity index (χ1v) is 36.7. The van der Waals surface area contributed by atoms with Crippen molar-refractivity contribution in [3.63, 3.8) is 0 Å². The number of likely N-dealkylation sites (N-methyl/N-ethyl adjacent to an activating group) is 8. The molecule has 0 aromatic rings.